The van der Waals surface area contributed by atoms with Gasteiger partial charge < -0.3 is 4.43 Å². The number of hydrogen-bond acceptors (Lipinski definition) is 3. The van der Waals surface area contributed by atoms with Crippen molar-refractivity contribution < 1.29 is 12.8 Å². The third-order valence-electron chi connectivity index (χ3n) is 4.61. The third kappa shape index (κ3) is 6.65. The van der Waals surface area contributed by atoms with Gasteiger partial charge in [-0.05, 0) is 44.8 Å². The predicted octanol–water partition coefficient (Wildman–Crippen LogP) is 4.36. The number of sulfonamides is 1. The molecule has 23 heavy (non-hydrogen) atoms. The molecule has 0 fully saturated rings. The van der Waals surface area contributed by atoms with Gasteiger partial charge in [-0.15, -0.1) is 11.6 Å². The van der Waals surface area contributed by atoms with E-state index in [0.717, 1.165) is 0 Å². The Morgan fingerprint density at radius 3 is 1.83 bits per heavy atom. The van der Waals surface area contributed by atoms with Crippen LogP contribution in [0.1, 0.15) is 55.4 Å². The Morgan fingerprint density at radius 2 is 1.52 bits per heavy atom. The van der Waals surface area contributed by atoms with Gasteiger partial charge in [0.2, 0.25) is 10.0 Å². The molecule has 140 valence electrons. The molecule has 0 spiro atoms. The van der Waals surface area contributed by atoms with Crippen molar-refractivity contribution in [1.29, 1.82) is 0 Å². The molecular weight excluding hydrogens is 350 g/mol. The molecule has 0 aliphatic heterocycles. The van der Waals surface area contributed by atoms with Crippen LogP contribution >= 0.6 is 11.6 Å². The first-order valence-electron chi connectivity index (χ1n) is 8.22. The Hall–Kier alpha value is 0.377. The summed E-state index contributed by atoms with van der Waals surface area (Å²) in [4.78, 5) is 0. The van der Waals surface area contributed by atoms with Gasteiger partial charge in [-0.1, -0.05) is 34.6 Å². The molecule has 0 aromatic carbocycles. The lowest BCUT2D eigenvalue weighted by molar-refractivity contribution is 0.258. The first-order chi connectivity index (χ1) is 9.92. The summed E-state index contributed by atoms with van der Waals surface area (Å²) in [7, 11) is -5.35. The highest BCUT2D eigenvalue weighted by Gasteiger charge is 2.39. The summed E-state index contributed by atoms with van der Waals surface area (Å²) in [6.45, 7) is 20.2. The Bertz CT molecular complexity index is 479. The molecule has 0 amide bonds. The molecule has 0 aromatic rings. The second kappa shape index (κ2) is 7.73. The van der Waals surface area contributed by atoms with Crippen LogP contribution in [0.3, 0.4) is 0 Å². The minimum atomic E-state index is -3.45. The van der Waals surface area contributed by atoms with Crippen molar-refractivity contribution in [3.05, 3.63) is 0 Å². The number of alkyl halides is 1. The summed E-state index contributed by atoms with van der Waals surface area (Å²) in [6.07, 6.45) is 0. The zero-order valence-electron chi connectivity index (χ0n) is 16.5. The van der Waals surface area contributed by atoms with E-state index in [1.165, 1.54) is 0 Å². The van der Waals surface area contributed by atoms with E-state index in [-0.39, 0.29) is 17.0 Å². The van der Waals surface area contributed by atoms with Crippen molar-refractivity contribution >= 4 is 29.9 Å². The fraction of sp³-hybridized carbons (Fsp3) is 1.00. The molecule has 0 aliphatic rings. The van der Waals surface area contributed by atoms with Gasteiger partial charge in [0.15, 0.2) is 8.32 Å². The van der Waals surface area contributed by atoms with Crippen LogP contribution in [0.2, 0.25) is 18.1 Å². The Balaban J connectivity index is 5.08. The Labute approximate surface area is 149 Å². The molecule has 0 unspecified atom stereocenters. The zero-order chi connectivity index (χ0) is 18.9. The summed E-state index contributed by atoms with van der Waals surface area (Å²) >= 11 is 6.52. The third-order valence-corrected chi connectivity index (χ3v) is 11.7. The molecule has 0 rings (SSSR count). The van der Waals surface area contributed by atoms with E-state index >= 15 is 0 Å². The first kappa shape index (κ1) is 23.4. The maximum Gasteiger partial charge on any atom is 0.216 e. The van der Waals surface area contributed by atoms with Gasteiger partial charge in [0, 0.05) is 6.04 Å². The van der Waals surface area contributed by atoms with Gasteiger partial charge in [-0.25, -0.2) is 13.1 Å². The number of halogens is 1. The lowest BCUT2D eigenvalue weighted by Crippen LogP contribution is -2.52. The molecule has 1 N–H and O–H groups in total. The molecule has 0 saturated heterocycles. The summed E-state index contributed by atoms with van der Waals surface area (Å²) in [5, 5.41) is -0.303. The lowest BCUT2D eigenvalue weighted by Gasteiger charge is -2.38. The van der Waals surface area contributed by atoms with E-state index < -0.39 is 28.5 Å². The van der Waals surface area contributed by atoms with Crippen molar-refractivity contribution in [2.75, 3.05) is 6.61 Å². The molecule has 0 radical (unpaired) electrons. The summed E-state index contributed by atoms with van der Waals surface area (Å²) < 4.78 is 32.9. The Kier molecular flexibility index (Phi) is 7.85. The fourth-order valence-electron chi connectivity index (χ4n) is 1.59. The molecule has 0 bridgehead atoms. The monoisotopic (exact) mass is 385 g/mol. The van der Waals surface area contributed by atoms with Crippen molar-refractivity contribution in [3.63, 3.8) is 0 Å². The summed E-state index contributed by atoms with van der Waals surface area (Å²) in [5.74, 6) is 0.0811. The van der Waals surface area contributed by atoms with Crippen molar-refractivity contribution in [2.24, 2.45) is 5.92 Å². The van der Waals surface area contributed by atoms with Gasteiger partial charge in [-0.2, -0.15) is 0 Å². The van der Waals surface area contributed by atoms with Crippen molar-refractivity contribution in [3.8, 4) is 0 Å². The second-order valence-corrected chi connectivity index (χ2v) is 16.9. The highest BCUT2D eigenvalue weighted by Crippen LogP contribution is 2.37. The average molecular weight is 386 g/mol. The van der Waals surface area contributed by atoms with Crippen LogP contribution in [0, 0.1) is 5.92 Å². The van der Waals surface area contributed by atoms with Crippen LogP contribution < -0.4 is 4.72 Å². The minimum Gasteiger partial charge on any atom is -0.415 e. The van der Waals surface area contributed by atoms with Gasteiger partial charge in [0.1, 0.15) is 0 Å². The normalized spacial score (nSPS) is 17.4. The van der Waals surface area contributed by atoms with E-state index in [4.69, 9.17) is 16.0 Å². The lowest BCUT2D eigenvalue weighted by atomic mass is 10.0. The number of hydrogen-bond donors (Lipinski definition) is 1. The van der Waals surface area contributed by atoms with Crippen LogP contribution in [0.25, 0.3) is 0 Å². The smallest absolute Gasteiger partial charge is 0.216 e. The van der Waals surface area contributed by atoms with Crippen LogP contribution in [0.5, 0.6) is 0 Å². The first-order valence-corrected chi connectivity index (χ1v) is 13.0. The summed E-state index contributed by atoms with van der Waals surface area (Å²) in [5.41, 5.74) is 0. The largest absolute Gasteiger partial charge is 0.415 e. The molecule has 0 heterocycles. The van der Waals surface area contributed by atoms with E-state index in [1.54, 1.807) is 20.8 Å². The molecular formula is C16H36ClNO3SSi. The highest BCUT2D eigenvalue weighted by atomic mass is 35.5. The second-order valence-electron chi connectivity index (χ2n) is 9.09. The average Bonchev–Trinajstić information content (AvgIpc) is 2.30. The highest BCUT2D eigenvalue weighted by molar-refractivity contribution is 7.90. The molecule has 7 heteroatoms. The maximum atomic E-state index is 12.4. The van der Waals surface area contributed by atoms with E-state index in [2.05, 4.69) is 38.6 Å². The molecule has 0 aromatic heterocycles. The van der Waals surface area contributed by atoms with Gasteiger partial charge in [0.25, 0.3) is 0 Å². The van der Waals surface area contributed by atoms with E-state index in [0.29, 0.717) is 6.61 Å². The zero-order valence-corrected chi connectivity index (χ0v) is 19.0. The quantitative estimate of drug-likeness (QED) is 0.523. The fourth-order valence-corrected chi connectivity index (χ4v) is 4.37. The van der Waals surface area contributed by atoms with E-state index in [9.17, 15) is 8.42 Å². The van der Waals surface area contributed by atoms with Crippen molar-refractivity contribution in [2.45, 2.75) is 89.7 Å². The van der Waals surface area contributed by atoms with Gasteiger partial charge in [0.05, 0.1) is 16.7 Å². The standard InChI is InChI=1S/C16H36ClNO3SSi/c1-12(2)14(18-22(19,20)15(3,4)5)13(17)11-21-23(9,10)16(6,7)8/h12-14,18H,11H2,1-10H3/t13-,14+/m0/s1. The Morgan fingerprint density at radius 1 is 1.09 bits per heavy atom. The van der Waals surface area contributed by atoms with Crippen LogP contribution in [-0.4, -0.2) is 39.5 Å². The number of rotatable bonds is 7. The minimum absolute atomic E-state index is 0.0811. The SMILES string of the molecule is CC(C)[C@@H](NS(=O)(=O)C(C)(C)C)[C@@H](Cl)CO[Si](C)(C)C(C)(C)C. The predicted molar refractivity (Wildman–Crippen MR) is 103 cm³/mol. The molecule has 0 aliphatic carbocycles. The topological polar surface area (TPSA) is 55.4 Å². The van der Waals surface area contributed by atoms with Gasteiger partial charge >= 0.3 is 0 Å². The van der Waals surface area contributed by atoms with E-state index in [1.807, 2.05) is 13.8 Å². The molecule has 0 saturated carbocycles. The maximum absolute atomic E-state index is 12.4. The van der Waals surface area contributed by atoms with Gasteiger partial charge in [-0.3, -0.25) is 0 Å². The van der Waals surface area contributed by atoms with Crippen LogP contribution in [-0.2, 0) is 14.4 Å². The van der Waals surface area contributed by atoms with Crippen molar-refractivity contribution in [1.82, 2.24) is 4.72 Å². The van der Waals surface area contributed by atoms with Crippen LogP contribution in [0.15, 0.2) is 0 Å². The molecule has 2 atom stereocenters. The molecule has 4 nitrogen and oxygen atoms in total. The van der Waals surface area contributed by atoms with Crippen LogP contribution in [0.4, 0.5) is 0 Å². The summed E-state index contributed by atoms with van der Waals surface area (Å²) in [6, 6.07) is -0.356. The number of nitrogens with one attached hydrogen (secondary N) is 1.